The summed E-state index contributed by atoms with van der Waals surface area (Å²) in [5.74, 6) is 1.02. The van der Waals surface area contributed by atoms with Crippen LogP contribution in [-0.4, -0.2) is 5.60 Å². The summed E-state index contributed by atoms with van der Waals surface area (Å²) in [6.07, 6.45) is 0.984. The summed E-state index contributed by atoms with van der Waals surface area (Å²) in [6, 6.07) is 17.3. The Bertz CT molecular complexity index is 630. The molecule has 0 radical (unpaired) electrons. The molecule has 0 N–H and O–H groups in total. The SMILES string of the molecule is CC1(C)CC(C)(c2ccc(I)cc2)c2ccccc2O1. The van der Waals surface area contributed by atoms with Gasteiger partial charge in [-0.15, -0.1) is 0 Å². The highest BCUT2D eigenvalue weighted by Gasteiger charge is 2.42. The van der Waals surface area contributed by atoms with E-state index in [1.54, 1.807) is 0 Å². The minimum absolute atomic E-state index is 0.00266. The molecule has 2 aromatic carbocycles. The maximum atomic E-state index is 6.16. The van der Waals surface area contributed by atoms with Gasteiger partial charge in [-0.05, 0) is 60.2 Å². The summed E-state index contributed by atoms with van der Waals surface area (Å²) < 4.78 is 7.43. The lowest BCUT2D eigenvalue weighted by molar-refractivity contribution is 0.0583. The minimum atomic E-state index is -0.147. The second kappa shape index (κ2) is 4.76. The molecule has 1 nitrogen and oxygen atoms in total. The molecular weight excluding hydrogens is 359 g/mol. The average Bonchev–Trinajstić information content (AvgIpc) is 2.38. The molecule has 20 heavy (non-hydrogen) atoms. The first-order valence-electron chi connectivity index (χ1n) is 6.95. The normalized spacial score (nSPS) is 23.8. The van der Waals surface area contributed by atoms with Gasteiger partial charge in [0.1, 0.15) is 11.4 Å². The maximum Gasteiger partial charge on any atom is 0.124 e. The Morgan fingerprint density at radius 2 is 1.60 bits per heavy atom. The fraction of sp³-hybridized carbons (Fsp3) is 0.333. The van der Waals surface area contributed by atoms with Crippen LogP contribution in [0.3, 0.4) is 0 Å². The number of halogens is 1. The van der Waals surface area contributed by atoms with E-state index < -0.39 is 0 Å². The van der Waals surface area contributed by atoms with Crippen molar-refractivity contribution in [1.29, 1.82) is 0 Å². The van der Waals surface area contributed by atoms with E-state index in [1.807, 2.05) is 0 Å². The van der Waals surface area contributed by atoms with Crippen LogP contribution in [0.5, 0.6) is 5.75 Å². The Hall–Kier alpha value is -1.03. The Balaban J connectivity index is 2.18. The van der Waals surface area contributed by atoms with Crippen molar-refractivity contribution in [2.75, 3.05) is 0 Å². The van der Waals surface area contributed by atoms with E-state index in [9.17, 15) is 0 Å². The highest BCUT2D eigenvalue weighted by molar-refractivity contribution is 14.1. The molecule has 1 aliphatic rings. The Morgan fingerprint density at radius 3 is 2.30 bits per heavy atom. The van der Waals surface area contributed by atoms with Crippen LogP contribution in [-0.2, 0) is 5.41 Å². The van der Waals surface area contributed by atoms with Crippen molar-refractivity contribution in [3.05, 3.63) is 63.2 Å². The predicted molar refractivity (Wildman–Crippen MR) is 91.4 cm³/mol. The highest BCUT2D eigenvalue weighted by atomic mass is 127. The first-order valence-corrected chi connectivity index (χ1v) is 8.03. The fourth-order valence-corrected chi connectivity index (χ4v) is 3.73. The first kappa shape index (κ1) is 13.9. The standard InChI is InChI=1S/C18H19IO/c1-17(2)12-18(3,13-8-10-14(19)11-9-13)15-6-4-5-7-16(15)20-17/h4-11H,12H2,1-3H3. The summed E-state index contributed by atoms with van der Waals surface area (Å²) >= 11 is 2.35. The number of ether oxygens (including phenoxy) is 1. The van der Waals surface area contributed by atoms with E-state index in [2.05, 4.69) is 91.9 Å². The minimum Gasteiger partial charge on any atom is -0.488 e. The number of hydrogen-bond donors (Lipinski definition) is 0. The topological polar surface area (TPSA) is 9.23 Å². The van der Waals surface area contributed by atoms with Gasteiger partial charge in [0.25, 0.3) is 0 Å². The number of fused-ring (bicyclic) bond motifs is 1. The maximum absolute atomic E-state index is 6.16. The lowest BCUT2D eigenvalue weighted by Crippen LogP contribution is -2.43. The number of benzene rings is 2. The van der Waals surface area contributed by atoms with Gasteiger partial charge in [0.15, 0.2) is 0 Å². The third-order valence-electron chi connectivity index (χ3n) is 4.13. The molecule has 1 aliphatic heterocycles. The van der Waals surface area contributed by atoms with Gasteiger partial charge in [-0.1, -0.05) is 37.3 Å². The van der Waals surface area contributed by atoms with Crippen molar-refractivity contribution in [1.82, 2.24) is 0 Å². The van der Waals surface area contributed by atoms with Gasteiger partial charge in [0.2, 0.25) is 0 Å². The summed E-state index contributed by atoms with van der Waals surface area (Å²) in [5, 5.41) is 0. The van der Waals surface area contributed by atoms with Gasteiger partial charge in [0, 0.05) is 21.0 Å². The van der Waals surface area contributed by atoms with Crippen molar-refractivity contribution >= 4 is 22.6 Å². The Kier molecular flexibility index (Phi) is 3.32. The molecule has 1 unspecified atom stereocenters. The van der Waals surface area contributed by atoms with Gasteiger partial charge in [0.05, 0.1) is 0 Å². The van der Waals surface area contributed by atoms with E-state index in [-0.39, 0.29) is 11.0 Å². The van der Waals surface area contributed by atoms with Crippen molar-refractivity contribution in [2.45, 2.75) is 38.2 Å². The average molecular weight is 378 g/mol. The summed E-state index contributed by atoms with van der Waals surface area (Å²) in [7, 11) is 0. The van der Waals surface area contributed by atoms with Crippen LogP contribution in [0.1, 0.15) is 38.3 Å². The summed E-state index contributed by atoms with van der Waals surface area (Å²) in [6.45, 7) is 6.68. The molecule has 0 bridgehead atoms. The van der Waals surface area contributed by atoms with E-state index in [0.29, 0.717) is 0 Å². The second-order valence-electron chi connectivity index (χ2n) is 6.37. The molecule has 0 spiro atoms. The molecule has 0 amide bonds. The smallest absolute Gasteiger partial charge is 0.124 e. The van der Waals surface area contributed by atoms with Crippen molar-refractivity contribution in [3.8, 4) is 5.75 Å². The molecule has 2 aromatic rings. The van der Waals surface area contributed by atoms with Crippen molar-refractivity contribution in [2.24, 2.45) is 0 Å². The van der Waals surface area contributed by atoms with Crippen molar-refractivity contribution in [3.63, 3.8) is 0 Å². The van der Waals surface area contributed by atoms with Gasteiger partial charge in [-0.3, -0.25) is 0 Å². The molecular formula is C18H19IO. The second-order valence-corrected chi connectivity index (χ2v) is 7.62. The van der Waals surface area contributed by atoms with Crippen LogP contribution in [0, 0.1) is 3.57 Å². The molecule has 1 heterocycles. The molecule has 1 atom stereocenters. The van der Waals surface area contributed by atoms with Gasteiger partial charge in [-0.25, -0.2) is 0 Å². The molecule has 3 rings (SSSR count). The van der Waals surface area contributed by atoms with Crippen LogP contribution in [0.25, 0.3) is 0 Å². The molecule has 0 fully saturated rings. The van der Waals surface area contributed by atoms with Gasteiger partial charge >= 0.3 is 0 Å². The quantitative estimate of drug-likeness (QED) is 0.623. The van der Waals surface area contributed by atoms with E-state index in [1.165, 1.54) is 14.7 Å². The van der Waals surface area contributed by atoms with Crippen LogP contribution in [0.2, 0.25) is 0 Å². The lowest BCUT2D eigenvalue weighted by atomic mass is 9.68. The zero-order valence-corrected chi connectivity index (χ0v) is 14.3. The van der Waals surface area contributed by atoms with Crippen molar-refractivity contribution < 1.29 is 4.74 Å². The monoisotopic (exact) mass is 378 g/mol. The zero-order chi connectivity index (χ0) is 14.4. The number of rotatable bonds is 1. The predicted octanol–water partition coefficient (Wildman–Crippen LogP) is 5.16. The van der Waals surface area contributed by atoms with Gasteiger partial charge in [-0.2, -0.15) is 0 Å². The Labute approximate surface area is 134 Å². The van der Waals surface area contributed by atoms with Crippen LogP contribution in [0.4, 0.5) is 0 Å². The molecule has 104 valence electrons. The van der Waals surface area contributed by atoms with E-state index >= 15 is 0 Å². The lowest BCUT2D eigenvalue weighted by Gasteiger charge is -2.44. The number of hydrogen-bond acceptors (Lipinski definition) is 1. The largest absolute Gasteiger partial charge is 0.488 e. The Morgan fingerprint density at radius 1 is 0.950 bits per heavy atom. The summed E-state index contributed by atoms with van der Waals surface area (Å²) in [4.78, 5) is 0. The molecule has 2 heteroatoms. The molecule has 0 aromatic heterocycles. The van der Waals surface area contributed by atoms with Crippen LogP contribution in [0.15, 0.2) is 48.5 Å². The molecule has 0 saturated carbocycles. The van der Waals surface area contributed by atoms with E-state index in [4.69, 9.17) is 4.74 Å². The van der Waals surface area contributed by atoms with Gasteiger partial charge < -0.3 is 4.74 Å². The van der Waals surface area contributed by atoms with E-state index in [0.717, 1.165) is 12.2 Å². The highest BCUT2D eigenvalue weighted by Crippen LogP contribution is 2.48. The number of para-hydroxylation sites is 1. The third-order valence-corrected chi connectivity index (χ3v) is 4.85. The first-order chi connectivity index (χ1) is 9.41. The third kappa shape index (κ3) is 2.34. The van der Waals surface area contributed by atoms with Crippen LogP contribution < -0.4 is 4.74 Å². The fourth-order valence-electron chi connectivity index (χ4n) is 3.37. The molecule has 0 aliphatic carbocycles. The zero-order valence-electron chi connectivity index (χ0n) is 12.1. The van der Waals surface area contributed by atoms with Crippen LogP contribution >= 0.6 is 22.6 Å². The summed E-state index contributed by atoms with van der Waals surface area (Å²) in [5.41, 5.74) is 2.51. The molecule has 0 saturated heterocycles.